The van der Waals surface area contributed by atoms with E-state index >= 15 is 0 Å². The Morgan fingerprint density at radius 1 is 0.905 bits per heavy atom. The van der Waals surface area contributed by atoms with Gasteiger partial charge in [0.15, 0.2) is 0 Å². The van der Waals surface area contributed by atoms with Crippen molar-refractivity contribution in [2.24, 2.45) is 0 Å². The molecule has 21 heavy (non-hydrogen) atoms. The summed E-state index contributed by atoms with van der Waals surface area (Å²) >= 11 is 0. The summed E-state index contributed by atoms with van der Waals surface area (Å²) in [6.07, 6.45) is 6.45. The van der Waals surface area contributed by atoms with Crippen LogP contribution in [0, 0.1) is 0 Å². The quantitative estimate of drug-likeness (QED) is 0.592. The van der Waals surface area contributed by atoms with E-state index in [1.165, 1.54) is 33.4 Å². The molecule has 0 radical (unpaired) electrons. The molecule has 0 fully saturated rings. The molecule has 1 aliphatic carbocycles. The van der Waals surface area contributed by atoms with Crippen LogP contribution < -0.4 is 0 Å². The van der Waals surface area contributed by atoms with Crippen LogP contribution >= 0.6 is 0 Å². The van der Waals surface area contributed by atoms with Crippen LogP contribution in [0.2, 0.25) is 0 Å². The zero-order valence-electron chi connectivity index (χ0n) is 13.3. The lowest BCUT2D eigenvalue weighted by atomic mass is 9.81. The maximum Gasteiger partial charge on any atom is 0.0159 e. The molecule has 0 spiro atoms. The van der Waals surface area contributed by atoms with Crippen LogP contribution in [0.3, 0.4) is 0 Å². The average molecular weight is 274 g/mol. The fourth-order valence-corrected chi connectivity index (χ4v) is 3.42. The Kier molecular flexibility index (Phi) is 3.33. The normalized spacial score (nSPS) is 16.1. The second kappa shape index (κ2) is 5.04. The minimum atomic E-state index is 0.0801. The highest BCUT2D eigenvalue weighted by molar-refractivity contribution is 5.84. The summed E-state index contributed by atoms with van der Waals surface area (Å²) in [4.78, 5) is 0. The average Bonchev–Trinajstić information content (AvgIpc) is 2.73. The van der Waals surface area contributed by atoms with Gasteiger partial charge in [0, 0.05) is 5.41 Å². The third-order valence-corrected chi connectivity index (χ3v) is 4.57. The van der Waals surface area contributed by atoms with E-state index < -0.39 is 0 Å². The number of fused-ring (bicyclic) bond motifs is 3. The fourth-order valence-electron chi connectivity index (χ4n) is 3.42. The van der Waals surface area contributed by atoms with Gasteiger partial charge in [0.05, 0.1) is 0 Å². The molecule has 3 rings (SSSR count). The molecule has 0 aromatic heterocycles. The summed E-state index contributed by atoms with van der Waals surface area (Å²) in [7, 11) is 0. The van der Waals surface area contributed by atoms with Crippen molar-refractivity contribution in [3.63, 3.8) is 0 Å². The van der Waals surface area contributed by atoms with Crippen LogP contribution in [-0.4, -0.2) is 0 Å². The van der Waals surface area contributed by atoms with Crippen LogP contribution in [0.25, 0.3) is 16.7 Å². The molecule has 0 amide bonds. The number of benzene rings is 2. The number of hydrogen-bond acceptors (Lipinski definition) is 0. The molecule has 0 heterocycles. The summed E-state index contributed by atoms with van der Waals surface area (Å²) in [5, 5.41) is 0. The van der Waals surface area contributed by atoms with Gasteiger partial charge >= 0.3 is 0 Å². The van der Waals surface area contributed by atoms with Gasteiger partial charge < -0.3 is 0 Å². The van der Waals surface area contributed by atoms with E-state index in [9.17, 15) is 0 Å². The highest BCUT2D eigenvalue weighted by Crippen LogP contribution is 2.49. The summed E-state index contributed by atoms with van der Waals surface area (Å²) in [6.45, 7) is 8.82. The largest absolute Gasteiger partial charge is 0.0871 e. The van der Waals surface area contributed by atoms with Gasteiger partial charge in [0.2, 0.25) is 0 Å². The van der Waals surface area contributed by atoms with Crippen molar-refractivity contribution in [3.8, 4) is 11.1 Å². The van der Waals surface area contributed by atoms with Crippen molar-refractivity contribution in [2.75, 3.05) is 0 Å². The molecule has 0 saturated carbocycles. The van der Waals surface area contributed by atoms with Gasteiger partial charge in [-0.2, -0.15) is 0 Å². The van der Waals surface area contributed by atoms with Gasteiger partial charge in [0.25, 0.3) is 0 Å². The molecule has 0 saturated heterocycles. The highest BCUT2D eigenvalue weighted by Gasteiger charge is 2.35. The van der Waals surface area contributed by atoms with E-state index in [-0.39, 0.29) is 5.41 Å². The third kappa shape index (κ3) is 2.06. The SMILES string of the molecule is C/C=C\C(=C/C)c1ccc2c(c1)C(C)(C)c1ccccc1-2. The minimum absolute atomic E-state index is 0.0801. The first kappa shape index (κ1) is 13.9. The van der Waals surface area contributed by atoms with Crippen LogP contribution in [-0.2, 0) is 5.41 Å². The Bertz CT molecular complexity index is 742. The molecular weight excluding hydrogens is 252 g/mol. The van der Waals surface area contributed by atoms with Crippen molar-refractivity contribution in [1.82, 2.24) is 0 Å². The molecule has 0 unspecified atom stereocenters. The number of rotatable bonds is 2. The fraction of sp³-hybridized carbons (Fsp3) is 0.238. The molecule has 0 aliphatic heterocycles. The standard InChI is InChI=1S/C21H22/c1-5-9-15(6-2)16-12-13-18-17-10-7-8-11-19(17)21(3,4)20(18)14-16/h5-14H,1-4H3/b9-5-,15-6+. The first-order chi connectivity index (χ1) is 10.1. The van der Waals surface area contributed by atoms with Crippen molar-refractivity contribution in [3.05, 3.63) is 77.4 Å². The van der Waals surface area contributed by atoms with Gasteiger partial charge in [-0.15, -0.1) is 0 Å². The topological polar surface area (TPSA) is 0 Å². The monoisotopic (exact) mass is 274 g/mol. The maximum atomic E-state index is 2.37. The zero-order valence-corrected chi connectivity index (χ0v) is 13.3. The third-order valence-electron chi connectivity index (χ3n) is 4.57. The van der Waals surface area contributed by atoms with Crippen LogP contribution in [0.15, 0.2) is 60.7 Å². The molecule has 0 atom stereocenters. The smallest absolute Gasteiger partial charge is 0.0159 e. The van der Waals surface area contributed by atoms with E-state index in [1.54, 1.807) is 0 Å². The van der Waals surface area contributed by atoms with Crippen molar-refractivity contribution >= 4 is 5.57 Å². The van der Waals surface area contributed by atoms with Crippen LogP contribution in [0.4, 0.5) is 0 Å². The van der Waals surface area contributed by atoms with Gasteiger partial charge in [-0.25, -0.2) is 0 Å². The molecule has 1 aliphatic rings. The lowest BCUT2D eigenvalue weighted by Crippen LogP contribution is -2.15. The molecule has 0 heteroatoms. The van der Waals surface area contributed by atoms with Gasteiger partial charge in [0.1, 0.15) is 0 Å². The van der Waals surface area contributed by atoms with Crippen molar-refractivity contribution in [2.45, 2.75) is 33.1 Å². The Balaban J connectivity index is 2.20. The highest BCUT2D eigenvalue weighted by atomic mass is 14.4. The lowest BCUT2D eigenvalue weighted by molar-refractivity contribution is 0.660. The second-order valence-electron chi connectivity index (χ2n) is 6.17. The zero-order chi connectivity index (χ0) is 15.0. The van der Waals surface area contributed by atoms with E-state index in [0.29, 0.717) is 0 Å². The molecule has 2 aromatic rings. The first-order valence-corrected chi connectivity index (χ1v) is 7.63. The molecule has 0 N–H and O–H groups in total. The van der Waals surface area contributed by atoms with E-state index in [1.807, 2.05) is 0 Å². The lowest BCUT2D eigenvalue weighted by Gasteiger charge is -2.22. The predicted molar refractivity (Wildman–Crippen MR) is 92.5 cm³/mol. The predicted octanol–water partition coefficient (Wildman–Crippen LogP) is 5.97. The van der Waals surface area contributed by atoms with Gasteiger partial charge in [-0.05, 0) is 53.3 Å². The van der Waals surface area contributed by atoms with Crippen molar-refractivity contribution in [1.29, 1.82) is 0 Å². The Morgan fingerprint density at radius 3 is 2.33 bits per heavy atom. The van der Waals surface area contributed by atoms with Crippen LogP contribution in [0.5, 0.6) is 0 Å². The molecular formula is C21H22. The molecule has 2 aromatic carbocycles. The van der Waals surface area contributed by atoms with Crippen molar-refractivity contribution < 1.29 is 0 Å². The summed E-state index contributed by atoms with van der Waals surface area (Å²) in [5.41, 5.74) is 8.31. The second-order valence-corrected chi connectivity index (χ2v) is 6.17. The Morgan fingerprint density at radius 2 is 1.62 bits per heavy atom. The minimum Gasteiger partial charge on any atom is -0.0871 e. The van der Waals surface area contributed by atoms with E-state index in [4.69, 9.17) is 0 Å². The van der Waals surface area contributed by atoms with Gasteiger partial charge in [-0.1, -0.05) is 68.5 Å². The molecule has 0 nitrogen and oxygen atoms in total. The van der Waals surface area contributed by atoms with E-state index in [2.05, 4.69) is 88.4 Å². The van der Waals surface area contributed by atoms with Gasteiger partial charge in [-0.3, -0.25) is 0 Å². The molecule has 0 bridgehead atoms. The summed E-state index contributed by atoms with van der Waals surface area (Å²) in [6, 6.07) is 15.7. The Labute approximate surface area is 127 Å². The summed E-state index contributed by atoms with van der Waals surface area (Å²) < 4.78 is 0. The van der Waals surface area contributed by atoms with E-state index in [0.717, 1.165) is 0 Å². The summed E-state index contributed by atoms with van der Waals surface area (Å²) in [5.74, 6) is 0. The molecule has 106 valence electrons. The van der Waals surface area contributed by atoms with Crippen LogP contribution in [0.1, 0.15) is 44.4 Å². The first-order valence-electron chi connectivity index (χ1n) is 7.63. The number of hydrogen-bond donors (Lipinski definition) is 0. The maximum absolute atomic E-state index is 2.37. The number of allylic oxidation sites excluding steroid dienone is 4. The Hall–Kier alpha value is -2.08.